The van der Waals surface area contributed by atoms with Gasteiger partial charge in [0.2, 0.25) is 5.91 Å². The zero-order valence-corrected chi connectivity index (χ0v) is 19.9. The summed E-state index contributed by atoms with van der Waals surface area (Å²) >= 11 is 1.78. The topological polar surface area (TPSA) is 81.8 Å². The van der Waals surface area contributed by atoms with Gasteiger partial charge in [-0.1, -0.05) is 6.42 Å². The molecule has 0 radical (unpaired) electrons. The second-order valence-corrected chi connectivity index (χ2v) is 10.3. The molecule has 0 bridgehead atoms. The number of unbranched alkanes of at least 4 members (excludes halogenated alkanes) is 1. The molecule has 7 nitrogen and oxygen atoms in total. The molecule has 4 amide bonds. The van der Waals surface area contributed by atoms with Crippen LogP contribution in [-0.2, 0) is 4.79 Å². The highest BCUT2D eigenvalue weighted by atomic mass is 32.2. The molecule has 0 aliphatic carbocycles. The van der Waals surface area contributed by atoms with E-state index in [0.717, 1.165) is 23.5 Å². The number of amides is 4. The number of hydrogen-bond donors (Lipinski definition) is 2. The number of urea groups is 1. The second kappa shape index (κ2) is 10.4. The lowest BCUT2D eigenvalue weighted by Gasteiger charge is -2.35. The van der Waals surface area contributed by atoms with Crippen LogP contribution in [-0.4, -0.2) is 83.9 Å². The Morgan fingerprint density at radius 2 is 1.67 bits per heavy atom. The van der Waals surface area contributed by atoms with Gasteiger partial charge in [0.1, 0.15) is 23.0 Å². The first kappa shape index (κ1) is 26.5. The fourth-order valence-corrected chi connectivity index (χ4v) is 6.39. The number of halogens is 6. The highest BCUT2D eigenvalue weighted by Gasteiger charge is 2.42. The van der Waals surface area contributed by atoms with Crippen molar-refractivity contribution in [2.24, 2.45) is 0 Å². The first-order valence-corrected chi connectivity index (χ1v) is 12.6. The smallest absolute Gasteiger partial charge is 0.445 e. The molecular formula is C21H24BF6N4O3S-. The summed E-state index contributed by atoms with van der Waals surface area (Å²) in [5.74, 6) is -6.71. The van der Waals surface area contributed by atoms with E-state index in [2.05, 4.69) is 10.6 Å². The molecule has 0 aromatic heterocycles. The van der Waals surface area contributed by atoms with Crippen LogP contribution in [0.2, 0.25) is 0 Å². The molecule has 3 aliphatic rings. The van der Waals surface area contributed by atoms with Gasteiger partial charge in [-0.3, -0.25) is 9.59 Å². The Kier molecular flexibility index (Phi) is 7.67. The molecule has 0 saturated carbocycles. The molecule has 1 aromatic rings. The fraction of sp³-hybridized carbons (Fsp3) is 0.571. The maximum absolute atomic E-state index is 14.4. The van der Waals surface area contributed by atoms with E-state index in [1.165, 1.54) is 4.90 Å². The number of fused-ring (bicyclic) bond motifs is 1. The standard InChI is InChI=1S/C21H24BF6N4O3S/c23-11-9-12(24)17(22(26,27)28)18(25)16(11)20(34)32-7-5-31(6-8-32)15(33)4-2-1-3-14-19-13(10-36-14)29-21(35)30-19/h9,13-14,19H,1-8,10H2,(H2,29,30,35)/q-1. The Morgan fingerprint density at radius 1 is 1.00 bits per heavy atom. The predicted molar refractivity (Wildman–Crippen MR) is 121 cm³/mol. The Morgan fingerprint density at radius 3 is 2.33 bits per heavy atom. The van der Waals surface area contributed by atoms with Crippen LogP contribution in [0.1, 0.15) is 36.0 Å². The predicted octanol–water partition coefficient (Wildman–Crippen LogP) is 2.17. The molecule has 2 N–H and O–H groups in total. The summed E-state index contributed by atoms with van der Waals surface area (Å²) in [4.78, 5) is 39.0. The minimum atomic E-state index is -6.14. The van der Waals surface area contributed by atoms with E-state index in [9.17, 15) is 40.5 Å². The third-order valence-electron chi connectivity index (χ3n) is 6.73. The van der Waals surface area contributed by atoms with Crippen LogP contribution in [0.3, 0.4) is 0 Å². The van der Waals surface area contributed by atoms with Crippen LogP contribution >= 0.6 is 11.8 Å². The number of thioether (sulfide) groups is 1. The quantitative estimate of drug-likeness (QED) is 0.242. The highest BCUT2D eigenvalue weighted by molar-refractivity contribution is 8.00. The van der Waals surface area contributed by atoms with Gasteiger partial charge in [-0.25, -0.2) is 18.0 Å². The van der Waals surface area contributed by atoms with Gasteiger partial charge in [0.15, 0.2) is 0 Å². The summed E-state index contributed by atoms with van der Waals surface area (Å²) in [6, 6.07) is -0.0735. The summed E-state index contributed by atoms with van der Waals surface area (Å²) in [7, 11) is 0. The Balaban J connectivity index is 1.25. The summed E-state index contributed by atoms with van der Waals surface area (Å²) in [5, 5.41) is 6.07. The van der Waals surface area contributed by atoms with E-state index in [0.29, 0.717) is 6.42 Å². The van der Waals surface area contributed by atoms with Gasteiger partial charge in [0.05, 0.1) is 12.1 Å². The van der Waals surface area contributed by atoms with Gasteiger partial charge in [0, 0.05) is 49.7 Å². The molecular weight excluding hydrogens is 513 g/mol. The van der Waals surface area contributed by atoms with Crippen molar-refractivity contribution in [3.05, 3.63) is 29.1 Å². The first-order chi connectivity index (χ1) is 17.0. The fourth-order valence-electron chi connectivity index (χ4n) is 4.84. The van der Waals surface area contributed by atoms with Crippen molar-refractivity contribution in [3.63, 3.8) is 0 Å². The van der Waals surface area contributed by atoms with E-state index >= 15 is 0 Å². The van der Waals surface area contributed by atoms with Gasteiger partial charge < -0.3 is 33.4 Å². The van der Waals surface area contributed by atoms with Crippen LogP contribution in [0.5, 0.6) is 0 Å². The monoisotopic (exact) mass is 537 g/mol. The maximum atomic E-state index is 14.4. The second-order valence-electron chi connectivity index (χ2n) is 9.06. The summed E-state index contributed by atoms with van der Waals surface area (Å²) in [6.07, 6.45) is 2.52. The van der Waals surface area contributed by atoms with Crippen LogP contribution in [0.25, 0.3) is 0 Å². The molecule has 3 unspecified atom stereocenters. The molecule has 3 aliphatic heterocycles. The third kappa shape index (κ3) is 5.40. The van der Waals surface area contributed by atoms with Crippen molar-refractivity contribution in [1.82, 2.24) is 20.4 Å². The minimum Gasteiger partial charge on any atom is -0.445 e. The Bertz CT molecular complexity index is 1050. The van der Waals surface area contributed by atoms with Crippen molar-refractivity contribution in [3.8, 4) is 0 Å². The lowest BCUT2D eigenvalue weighted by molar-refractivity contribution is -0.132. The van der Waals surface area contributed by atoms with Crippen molar-refractivity contribution >= 4 is 42.0 Å². The normalized spacial score (nSPS) is 23.9. The number of benzene rings is 1. The summed E-state index contributed by atoms with van der Waals surface area (Å²) < 4.78 is 81.1. The van der Waals surface area contributed by atoms with Gasteiger partial charge in [-0.05, 0) is 18.3 Å². The number of nitrogens with zero attached hydrogens (tertiary/aromatic N) is 2. The molecule has 3 fully saturated rings. The van der Waals surface area contributed by atoms with Crippen molar-refractivity contribution in [2.75, 3.05) is 31.9 Å². The molecule has 198 valence electrons. The summed E-state index contributed by atoms with van der Waals surface area (Å²) in [6.45, 7) is -6.27. The zero-order valence-electron chi connectivity index (χ0n) is 19.0. The van der Waals surface area contributed by atoms with Crippen LogP contribution < -0.4 is 16.1 Å². The number of nitrogens with one attached hydrogen (secondary N) is 2. The van der Waals surface area contributed by atoms with Gasteiger partial charge in [0.25, 0.3) is 5.91 Å². The zero-order chi connectivity index (χ0) is 26.2. The van der Waals surface area contributed by atoms with Gasteiger partial charge in [-0.2, -0.15) is 11.8 Å². The molecule has 15 heteroatoms. The average molecular weight is 537 g/mol. The number of piperazine rings is 1. The molecule has 3 atom stereocenters. The third-order valence-corrected chi connectivity index (χ3v) is 8.24. The van der Waals surface area contributed by atoms with Gasteiger partial charge >= 0.3 is 13.0 Å². The van der Waals surface area contributed by atoms with E-state index in [4.69, 9.17) is 0 Å². The summed E-state index contributed by atoms with van der Waals surface area (Å²) in [5.41, 5.74) is -3.71. The first-order valence-electron chi connectivity index (χ1n) is 11.6. The molecule has 3 heterocycles. The van der Waals surface area contributed by atoms with E-state index < -0.39 is 41.4 Å². The highest BCUT2D eigenvalue weighted by Crippen LogP contribution is 2.33. The van der Waals surface area contributed by atoms with Crippen molar-refractivity contribution in [2.45, 2.75) is 43.0 Å². The number of carbonyl (C=O) groups is 3. The number of hydrogen-bond acceptors (Lipinski definition) is 4. The van der Waals surface area contributed by atoms with Crippen molar-refractivity contribution < 1.29 is 40.5 Å². The maximum Gasteiger partial charge on any atom is 0.515 e. The minimum absolute atomic E-state index is 0.0605. The van der Waals surface area contributed by atoms with Crippen molar-refractivity contribution in [1.29, 1.82) is 0 Å². The van der Waals surface area contributed by atoms with Crippen LogP contribution in [0.15, 0.2) is 6.07 Å². The van der Waals surface area contributed by atoms with Crippen LogP contribution in [0, 0.1) is 17.5 Å². The SMILES string of the molecule is O=C1NC2CSC(CCCCC(=O)N3CCN(C(=O)c4c(F)cc(F)c([B-](F)(F)F)c4F)CC3)C2N1. The number of carbonyl (C=O) groups excluding carboxylic acids is 3. The lowest BCUT2D eigenvalue weighted by atomic mass is 9.78. The molecule has 3 saturated heterocycles. The molecule has 1 aromatic carbocycles. The molecule has 36 heavy (non-hydrogen) atoms. The van der Waals surface area contributed by atoms with E-state index in [-0.39, 0.29) is 67.9 Å². The molecule has 0 spiro atoms. The number of rotatable bonds is 7. The lowest BCUT2D eigenvalue weighted by Crippen LogP contribution is -2.51. The van der Waals surface area contributed by atoms with E-state index in [1.807, 2.05) is 0 Å². The van der Waals surface area contributed by atoms with Gasteiger partial charge in [-0.15, -0.1) is 0 Å². The van der Waals surface area contributed by atoms with Crippen LogP contribution in [0.4, 0.5) is 30.9 Å². The average Bonchev–Trinajstić information content (AvgIpc) is 3.34. The Hall–Kier alpha value is -2.58. The molecule has 4 rings (SSSR count). The van der Waals surface area contributed by atoms with E-state index in [1.54, 1.807) is 11.8 Å². The largest absolute Gasteiger partial charge is 0.515 e. The Labute approximate surface area is 207 Å².